The molecule has 1 atom stereocenters. The Labute approximate surface area is 188 Å². The summed E-state index contributed by atoms with van der Waals surface area (Å²) in [5.41, 5.74) is 0.778. The Morgan fingerprint density at radius 2 is 1.87 bits per heavy atom. The van der Waals surface area contributed by atoms with E-state index in [2.05, 4.69) is 4.90 Å². The lowest BCUT2D eigenvalue weighted by molar-refractivity contribution is -0.148. The highest BCUT2D eigenvalue weighted by atomic mass is 35.5. The monoisotopic (exact) mass is 453 g/mol. The SMILES string of the molecule is CC1C(=O)N(CCCN2CCC(O)CC2)CCN1C(=O)C=Cc1ccc(Cl)c(Cl)c1. The molecule has 2 aliphatic rings. The number of piperazine rings is 1. The first-order valence-electron chi connectivity index (χ1n) is 10.5. The number of rotatable bonds is 6. The minimum absolute atomic E-state index is 0.00777. The number of hydrogen-bond donors (Lipinski definition) is 1. The molecule has 0 aromatic heterocycles. The molecule has 0 bridgehead atoms. The number of aliphatic hydroxyl groups is 1. The summed E-state index contributed by atoms with van der Waals surface area (Å²) in [5.74, 6) is -0.194. The number of halogens is 2. The predicted octanol–water partition coefficient (Wildman–Crippen LogP) is 2.91. The molecule has 0 radical (unpaired) electrons. The van der Waals surface area contributed by atoms with Gasteiger partial charge in [0.05, 0.1) is 16.1 Å². The van der Waals surface area contributed by atoms with Gasteiger partial charge in [-0.2, -0.15) is 0 Å². The first-order valence-corrected chi connectivity index (χ1v) is 11.2. The van der Waals surface area contributed by atoms with Gasteiger partial charge in [0.1, 0.15) is 6.04 Å². The van der Waals surface area contributed by atoms with E-state index in [1.807, 2.05) is 4.90 Å². The molecular formula is C22H29Cl2N3O3. The number of nitrogens with zero attached hydrogens (tertiary/aromatic N) is 3. The predicted molar refractivity (Wildman–Crippen MR) is 120 cm³/mol. The maximum atomic E-state index is 12.8. The first kappa shape index (κ1) is 23.1. The number of piperidine rings is 1. The molecule has 6 nitrogen and oxygen atoms in total. The van der Waals surface area contributed by atoms with E-state index in [1.165, 1.54) is 6.08 Å². The molecule has 1 aromatic rings. The van der Waals surface area contributed by atoms with Crippen LogP contribution in [0.25, 0.3) is 6.08 Å². The summed E-state index contributed by atoms with van der Waals surface area (Å²) < 4.78 is 0. The van der Waals surface area contributed by atoms with Gasteiger partial charge in [-0.15, -0.1) is 0 Å². The summed E-state index contributed by atoms with van der Waals surface area (Å²) in [6, 6.07) is 4.69. The van der Waals surface area contributed by atoms with Crippen LogP contribution >= 0.6 is 23.2 Å². The van der Waals surface area contributed by atoms with E-state index in [0.717, 1.165) is 44.5 Å². The summed E-state index contributed by atoms with van der Waals surface area (Å²) in [7, 11) is 0. The van der Waals surface area contributed by atoms with Gasteiger partial charge >= 0.3 is 0 Å². The molecule has 2 fully saturated rings. The zero-order valence-corrected chi connectivity index (χ0v) is 18.8. The molecule has 3 rings (SSSR count). The first-order chi connectivity index (χ1) is 14.3. The maximum absolute atomic E-state index is 12.8. The summed E-state index contributed by atoms with van der Waals surface area (Å²) in [6.45, 7) is 6.31. The molecule has 1 N–H and O–H groups in total. The van der Waals surface area contributed by atoms with Crippen LogP contribution in [0.2, 0.25) is 10.0 Å². The highest BCUT2D eigenvalue weighted by Crippen LogP contribution is 2.23. The number of hydrogen-bond acceptors (Lipinski definition) is 4. The third kappa shape index (κ3) is 5.97. The molecule has 2 saturated heterocycles. The van der Waals surface area contributed by atoms with Crippen molar-refractivity contribution in [2.75, 3.05) is 39.3 Å². The van der Waals surface area contributed by atoms with E-state index in [4.69, 9.17) is 23.2 Å². The molecule has 30 heavy (non-hydrogen) atoms. The summed E-state index contributed by atoms with van der Waals surface area (Å²) in [4.78, 5) is 31.2. The average molecular weight is 454 g/mol. The quantitative estimate of drug-likeness (QED) is 0.672. The number of benzene rings is 1. The van der Waals surface area contributed by atoms with Crippen molar-refractivity contribution < 1.29 is 14.7 Å². The second-order valence-corrected chi connectivity index (χ2v) is 8.78. The van der Waals surface area contributed by atoms with Crippen molar-refractivity contribution in [1.82, 2.24) is 14.7 Å². The van der Waals surface area contributed by atoms with Gasteiger partial charge in [0.15, 0.2) is 0 Å². The lowest BCUT2D eigenvalue weighted by Crippen LogP contribution is -2.57. The molecule has 1 unspecified atom stereocenters. The molecule has 2 heterocycles. The fourth-order valence-electron chi connectivity index (χ4n) is 3.96. The normalized spacial score (nSPS) is 21.6. The van der Waals surface area contributed by atoms with Crippen LogP contribution < -0.4 is 0 Å². The highest BCUT2D eigenvalue weighted by Gasteiger charge is 2.33. The molecule has 0 spiro atoms. The summed E-state index contributed by atoms with van der Waals surface area (Å²) in [5, 5.41) is 10.5. The van der Waals surface area contributed by atoms with Crippen LogP contribution in [0.4, 0.5) is 0 Å². The third-order valence-electron chi connectivity index (χ3n) is 5.85. The van der Waals surface area contributed by atoms with Gasteiger partial charge in [0.2, 0.25) is 11.8 Å². The number of carbonyl (C=O) groups excluding carboxylic acids is 2. The second-order valence-electron chi connectivity index (χ2n) is 7.97. The van der Waals surface area contributed by atoms with Crippen LogP contribution in [0, 0.1) is 0 Å². The van der Waals surface area contributed by atoms with Crippen LogP contribution in [-0.2, 0) is 9.59 Å². The van der Waals surface area contributed by atoms with Crippen LogP contribution in [0.5, 0.6) is 0 Å². The fraction of sp³-hybridized carbons (Fsp3) is 0.545. The van der Waals surface area contributed by atoms with Crippen molar-refractivity contribution in [1.29, 1.82) is 0 Å². The fourth-order valence-corrected chi connectivity index (χ4v) is 4.27. The zero-order valence-electron chi connectivity index (χ0n) is 17.3. The largest absolute Gasteiger partial charge is 0.393 e. The van der Waals surface area contributed by atoms with E-state index in [-0.39, 0.29) is 17.9 Å². The van der Waals surface area contributed by atoms with E-state index >= 15 is 0 Å². The number of aliphatic hydroxyl groups excluding tert-OH is 1. The van der Waals surface area contributed by atoms with Crippen LogP contribution in [0.1, 0.15) is 31.7 Å². The zero-order chi connectivity index (χ0) is 21.7. The summed E-state index contributed by atoms with van der Waals surface area (Å²) >= 11 is 11.9. The number of carbonyl (C=O) groups is 2. The Morgan fingerprint density at radius 3 is 2.57 bits per heavy atom. The minimum atomic E-state index is -0.477. The standard InChI is InChI=1S/C22H29Cl2N3O3/c1-16-22(30)26(10-2-9-25-11-7-18(28)8-12-25)13-14-27(16)21(29)6-4-17-3-5-19(23)20(24)15-17/h3-6,15-16,18,28H,2,7-14H2,1H3. The van der Waals surface area contributed by atoms with Gasteiger partial charge in [0.25, 0.3) is 0 Å². The maximum Gasteiger partial charge on any atom is 0.247 e. The molecule has 0 saturated carbocycles. The van der Waals surface area contributed by atoms with Crippen molar-refractivity contribution >= 4 is 41.1 Å². The van der Waals surface area contributed by atoms with Crippen molar-refractivity contribution in [3.8, 4) is 0 Å². The van der Waals surface area contributed by atoms with Gasteiger partial charge in [-0.05, 0) is 56.5 Å². The van der Waals surface area contributed by atoms with E-state index in [9.17, 15) is 14.7 Å². The molecule has 0 aliphatic carbocycles. The van der Waals surface area contributed by atoms with Gasteiger partial charge in [-0.1, -0.05) is 29.3 Å². The van der Waals surface area contributed by atoms with Crippen LogP contribution in [-0.4, -0.2) is 83.0 Å². The van der Waals surface area contributed by atoms with Gasteiger partial charge < -0.3 is 19.8 Å². The number of amides is 2. The number of likely N-dealkylation sites (tertiary alicyclic amines) is 1. The van der Waals surface area contributed by atoms with Gasteiger partial charge in [0, 0.05) is 38.8 Å². The van der Waals surface area contributed by atoms with E-state index in [0.29, 0.717) is 29.7 Å². The molecular weight excluding hydrogens is 425 g/mol. The topological polar surface area (TPSA) is 64.1 Å². The third-order valence-corrected chi connectivity index (χ3v) is 6.59. The molecule has 2 aliphatic heterocycles. The Hall–Kier alpha value is -1.60. The average Bonchev–Trinajstić information content (AvgIpc) is 2.73. The molecule has 8 heteroatoms. The van der Waals surface area contributed by atoms with Crippen molar-refractivity contribution in [2.45, 2.75) is 38.3 Å². The minimum Gasteiger partial charge on any atom is -0.393 e. The van der Waals surface area contributed by atoms with Gasteiger partial charge in [-0.25, -0.2) is 0 Å². The Morgan fingerprint density at radius 1 is 1.13 bits per heavy atom. The van der Waals surface area contributed by atoms with Crippen molar-refractivity contribution in [3.05, 3.63) is 39.9 Å². The van der Waals surface area contributed by atoms with Gasteiger partial charge in [-0.3, -0.25) is 9.59 Å². The van der Waals surface area contributed by atoms with Crippen LogP contribution in [0.3, 0.4) is 0 Å². The summed E-state index contributed by atoms with van der Waals surface area (Å²) in [6.07, 6.45) is 5.55. The Kier molecular flexibility index (Phi) is 8.17. The van der Waals surface area contributed by atoms with E-state index < -0.39 is 6.04 Å². The molecule has 164 valence electrons. The molecule has 2 amide bonds. The lowest BCUT2D eigenvalue weighted by Gasteiger charge is -2.39. The van der Waals surface area contributed by atoms with Crippen LogP contribution in [0.15, 0.2) is 24.3 Å². The van der Waals surface area contributed by atoms with E-state index in [1.54, 1.807) is 36.1 Å². The highest BCUT2D eigenvalue weighted by molar-refractivity contribution is 6.42. The Balaban J connectivity index is 1.47. The smallest absolute Gasteiger partial charge is 0.247 e. The van der Waals surface area contributed by atoms with Crippen molar-refractivity contribution in [2.24, 2.45) is 0 Å². The Bertz CT molecular complexity index is 794. The molecule has 1 aromatic carbocycles. The van der Waals surface area contributed by atoms with Crippen molar-refractivity contribution in [3.63, 3.8) is 0 Å². The lowest BCUT2D eigenvalue weighted by atomic mass is 10.1. The second kappa shape index (κ2) is 10.6.